The third kappa shape index (κ3) is 7.65. The molecule has 0 atom stereocenters. The number of carbonyl (C=O) groups excluding carboxylic acids is 2. The first kappa shape index (κ1) is 24.2. The van der Waals surface area contributed by atoms with Crippen LogP contribution in [0.25, 0.3) is 0 Å². The van der Waals surface area contributed by atoms with Crippen LogP contribution in [-0.4, -0.2) is 36.3 Å². The van der Waals surface area contributed by atoms with Crippen molar-refractivity contribution in [2.24, 2.45) is 11.8 Å². The average Bonchev–Trinajstić information content (AvgIpc) is 2.71. The fourth-order valence-electron chi connectivity index (χ4n) is 3.72. The van der Waals surface area contributed by atoms with Gasteiger partial charge in [0, 0.05) is 31.1 Å². The van der Waals surface area contributed by atoms with Crippen LogP contribution in [0, 0.1) is 11.8 Å². The van der Waals surface area contributed by atoms with Crippen molar-refractivity contribution in [2.45, 2.75) is 65.0 Å². The lowest BCUT2D eigenvalue weighted by Crippen LogP contribution is -2.43. The van der Waals surface area contributed by atoms with Crippen molar-refractivity contribution in [1.29, 1.82) is 0 Å². The van der Waals surface area contributed by atoms with Crippen LogP contribution in [0.15, 0.2) is 24.3 Å². The third-order valence-corrected chi connectivity index (χ3v) is 5.62. The Morgan fingerprint density at radius 1 is 1.03 bits per heavy atom. The number of piperidine rings is 1. The van der Waals surface area contributed by atoms with Crippen molar-refractivity contribution < 1.29 is 22.8 Å². The van der Waals surface area contributed by atoms with Crippen molar-refractivity contribution >= 4 is 11.8 Å². The molecule has 1 saturated heterocycles. The van der Waals surface area contributed by atoms with Crippen LogP contribution in [0.4, 0.5) is 13.2 Å². The Morgan fingerprint density at radius 3 is 2.20 bits per heavy atom. The van der Waals surface area contributed by atoms with Crippen LogP contribution in [0.3, 0.4) is 0 Å². The fraction of sp³-hybridized carbons (Fsp3) is 0.652. The second-order valence-corrected chi connectivity index (χ2v) is 8.53. The van der Waals surface area contributed by atoms with Crippen molar-refractivity contribution in [1.82, 2.24) is 10.2 Å². The number of hydrogen-bond acceptors (Lipinski definition) is 2. The van der Waals surface area contributed by atoms with Gasteiger partial charge in [0.2, 0.25) is 5.91 Å². The quantitative estimate of drug-likeness (QED) is 0.546. The van der Waals surface area contributed by atoms with Gasteiger partial charge in [-0.15, -0.1) is 0 Å². The SMILES string of the molecule is CC(C)CCCCCCNC(=O)C1CCN(C(=O)c2ccc(C(F)(F)F)cc2)CC1. The monoisotopic (exact) mass is 426 g/mol. The smallest absolute Gasteiger partial charge is 0.356 e. The highest BCUT2D eigenvalue weighted by atomic mass is 19.4. The standard InChI is InChI=1S/C23H33F3N2O2/c1-17(2)7-5-3-4-6-14-27-21(29)18-12-15-28(16-13-18)22(30)19-8-10-20(11-9-19)23(24,25)26/h8-11,17-18H,3-7,12-16H2,1-2H3,(H,27,29). The molecule has 1 N–H and O–H groups in total. The van der Waals surface area contributed by atoms with Gasteiger partial charge in [0.15, 0.2) is 0 Å². The summed E-state index contributed by atoms with van der Waals surface area (Å²) in [5.41, 5.74) is -0.530. The molecular formula is C23H33F3N2O2. The number of amides is 2. The number of nitrogens with zero attached hydrogens (tertiary/aromatic N) is 1. The molecule has 2 rings (SSSR count). The number of hydrogen-bond donors (Lipinski definition) is 1. The zero-order valence-corrected chi connectivity index (χ0v) is 17.9. The van der Waals surface area contributed by atoms with Crippen LogP contribution in [0.1, 0.15) is 74.7 Å². The summed E-state index contributed by atoms with van der Waals surface area (Å²) in [6.07, 6.45) is 2.51. The Balaban J connectivity index is 1.68. The number of alkyl halides is 3. The van der Waals surface area contributed by atoms with Crippen LogP contribution >= 0.6 is 0 Å². The first-order valence-corrected chi connectivity index (χ1v) is 10.9. The van der Waals surface area contributed by atoms with Crippen LogP contribution in [0.2, 0.25) is 0 Å². The zero-order valence-electron chi connectivity index (χ0n) is 17.9. The number of unbranched alkanes of at least 4 members (excludes halogenated alkanes) is 3. The molecule has 1 aliphatic rings. The van der Waals surface area contributed by atoms with Crippen LogP contribution in [-0.2, 0) is 11.0 Å². The van der Waals surface area contributed by atoms with E-state index in [1.54, 1.807) is 4.90 Å². The molecular weight excluding hydrogens is 393 g/mol. The minimum Gasteiger partial charge on any atom is -0.356 e. The summed E-state index contributed by atoms with van der Waals surface area (Å²) in [7, 11) is 0. The van der Waals surface area contributed by atoms with Gasteiger partial charge in [-0.1, -0.05) is 39.5 Å². The number of halogens is 3. The molecule has 0 radical (unpaired) electrons. The van der Waals surface area contributed by atoms with E-state index in [4.69, 9.17) is 0 Å². The first-order valence-electron chi connectivity index (χ1n) is 10.9. The normalized spacial score (nSPS) is 15.5. The van der Waals surface area contributed by atoms with Crippen LogP contribution in [0.5, 0.6) is 0 Å². The van der Waals surface area contributed by atoms with Crippen molar-refractivity contribution in [2.75, 3.05) is 19.6 Å². The van der Waals surface area contributed by atoms with Gasteiger partial charge < -0.3 is 10.2 Å². The summed E-state index contributed by atoms with van der Waals surface area (Å²) in [5.74, 6) is 0.382. The molecule has 168 valence electrons. The number of carbonyl (C=O) groups is 2. The Morgan fingerprint density at radius 2 is 1.63 bits per heavy atom. The van der Waals surface area contributed by atoms with Crippen molar-refractivity contribution in [3.8, 4) is 0 Å². The highest BCUT2D eigenvalue weighted by Gasteiger charge is 2.31. The molecule has 30 heavy (non-hydrogen) atoms. The molecule has 1 aromatic rings. The summed E-state index contributed by atoms with van der Waals surface area (Å²) in [5, 5.41) is 3.00. The maximum Gasteiger partial charge on any atom is 0.416 e. The minimum absolute atomic E-state index is 0.0406. The predicted molar refractivity (Wildman–Crippen MR) is 111 cm³/mol. The molecule has 0 aromatic heterocycles. The van der Waals surface area contributed by atoms with E-state index in [0.717, 1.165) is 30.9 Å². The fourth-order valence-corrected chi connectivity index (χ4v) is 3.72. The lowest BCUT2D eigenvalue weighted by Gasteiger charge is -2.31. The summed E-state index contributed by atoms with van der Waals surface area (Å²) < 4.78 is 38.0. The molecule has 7 heteroatoms. The molecule has 0 aliphatic carbocycles. The Kier molecular flexibility index (Phi) is 9.18. The van der Waals surface area contributed by atoms with E-state index in [0.29, 0.717) is 32.5 Å². The van der Waals surface area contributed by atoms with Gasteiger partial charge in [0.05, 0.1) is 5.56 Å². The van der Waals surface area contributed by atoms with Crippen molar-refractivity contribution in [3.63, 3.8) is 0 Å². The molecule has 0 unspecified atom stereocenters. The van der Waals surface area contributed by atoms with E-state index in [9.17, 15) is 22.8 Å². The van der Waals surface area contributed by atoms with Gasteiger partial charge in [-0.3, -0.25) is 9.59 Å². The first-order chi connectivity index (χ1) is 14.2. The lowest BCUT2D eigenvalue weighted by molar-refractivity contribution is -0.137. The summed E-state index contributed by atoms with van der Waals surface area (Å²) in [4.78, 5) is 26.5. The van der Waals surface area contributed by atoms with Gasteiger partial charge >= 0.3 is 6.18 Å². The molecule has 1 aromatic carbocycles. The van der Waals surface area contributed by atoms with E-state index in [-0.39, 0.29) is 23.3 Å². The largest absolute Gasteiger partial charge is 0.416 e. The predicted octanol–water partition coefficient (Wildman–Crippen LogP) is 5.28. The van der Waals surface area contributed by atoms with E-state index in [2.05, 4.69) is 19.2 Å². The van der Waals surface area contributed by atoms with Gasteiger partial charge in [0.25, 0.3) is 5.91 Å². The maximum atomic E-state index is 12.7. The Bertz CT molecular complexity index is 679. The number of likely N-dealkylation sites (tertiary alicyclic amines) is 1. The lowest BCUT2D eigenvalue weighted by atomic mass is 9.95. The number of benzene rings is 1. The van der Waals surface area contributed by atoms with Gasteiger partial charge in [-0.25, -0.2) is 0 Å². The molecule has 0 saturated carbocycles. The highest BCUT2D eigenvalue weighted by Crippen LogP contribution is 2.29. The van der Waals surface area contributed by atoms with Crippen LogP contribution < -0.4 is 5.32 Å². The molecule has 1 fully saturated rings. The molecule has 1 aliphatic heterocycles. The molecule has 0 spiro atoms. The summed E-state index contributed by atoms with van der Waals surface area (Å²) in [6, 6.07) is 4.28. The second kappa shape index (κ2) is 11.4. The molecule has 2 amide bonds. The highest BCUT2D eigenvalue weighted by molar-refractivity contribution is 5.94. The maximum absolute atomic E-state index is 12.7. The second-order valence-electron chi connectivity index (χ2n) is 8.53. The van der Waals surface area contributed by atoms with Gasteiger partial charge in [-0.05, 0) is 49.4 Å². The van der Waals surface area contributed by atoms with Crippen molar-refractivity contribution in [3.05, 3.63) is 35.4 Å². The average molecular weight is 427 g/mol. The van der Waals surface area contributed by atoms with E-state index >= 15 is 0 Å². The number of nitrogens with one attached hydrogen (secondary N) is 1. The molecule has 1 heterocycles. The summed E-state index contributed by atoms with van der Waals surface area (Å²) in [6.45, 7) is 6.01. The topological polar surface area (TPSA) is 49.4 Å². The van der Waals surface area contributed by atoms with E-state index < -0.39 is 11.7 Å². The van der Waals surface area contributed by atoms with E-state index in [1.165, 1.54) is 31.4 Å². The third-order valence-electron chi connectivity index (χ3n) is 5.62. The summed E-state index contributed by atoms with van der Waals surface area (Å²) >= 11 is 0. The Hall–Kier alpha value is -2.05. The number of rotatable bonds is 9. The minimum atomic E-state index is -4.42. The van der Waals surface area contributed by atoms with Gasteiger partial charge in [0.1, 0.15) is 0 Å². The molecule has 4 nitrogen and oxygen atoms in total. The Labute approximate surface area is 177 Å². The zero-order chi connectivity index (χ0) is 22.1. The molecule has 0 bridgehead atoms. The van der Waals surface area contributed by atoms with E-state index in [1.807, 2.05) is 0 Å². The van der Waals surface area contributed by atoms with Gasteiger partial charge in [-0.2, -0.15) is 13.2 Å².